The number of carboxylic acids is 1. The van der Waals surface area contributed by atoms with Crippen molar-refractivity contribution in [3.05, 3.63) is 42.5 Å². The zero-order valence-corrected chi connectivity index (χ0v) is 9.25. The van der Waals surface area contributed by atoms with Crippen LogP contribution in [-0.4, -0.2) is 18.2 Å². The molecule has 0 unspecified atom stereocenters. The van der Waals surface area contributed by atoms with Crippen LogP contribution in [0.2, 0.25) is 0 Å². The minimum Gasteiger partial charge on any atom is -0.496 e. The molecule has 0 bridgehead atoms. The number of ether oxygens (including phenoxy) is 1. The Bertz CT molecular complexity index is 553. The standard InChI is InChI=1S/C11H10O.C2HNO2/c1-12-11-8-4-6-9-5-2-3-7-10(9)11;3-1-2(4)5/h2-8H,1H3;(H,4,5). The highest BCUT2D eigenvalue weighted by atomic mass is 16.5. The number of nitriles is 1. The maximum Gasteiger partial charge on any atom is 0.408 e. The van der Waals surface area contributed by atoms with Gasteiger partial charge in [-0.2, -0.15) is 5.26 Å². The molecule has 0 amide bonds. The first-order chi connectivity index (χ1) is 8.19. The minimum atomic E-state index is -1.44. The third-order valence-corrected chi connectivity index (χ3v) is 2.07. The van der Waals surface area contributed by atoms with Crippen molar-refractivity contribution in [2.45, 2.75) is 0 Å². The fourth-order valence-electron chi connectivity index (χ4n) is 1.37. The van der Waals surface area contributed by atoms with E-state index < -0.39 is 5.97 Å². The molecule has 1 N–H and O–H groups in total. The normalized spacial score (nSPS) is 8.71. The van der Waals surface area contributed by atoms with Crippen LogP contribution in [0, 0.1) is 11.3 Å². The summed E-state index contributed by atoms with van der Waals surface area (Å²) in [7, 11) is 1.70. The number of nitrogens with zero attached hydrogens (tertiary/aromatic N) is 1. The van der Waals surface area contributed by atoms with Gasteiger partial charge < -0.3 is 9.84 Å². The molecule has 2 aromatic rings. The van der Waals surface area contributed by atoms with Gasteiger partial charge in [-0.3, -0.25) is 0 Å². The largest absolute Gasteiger partial charge is 0.496 e. The fraction of sp³-hybridized carbons (Fsp3) is 0.0769. The summed E-state index contributed by atoms with van der Waals surface area (Å²) < 4.78 is 5.23. The lowest BCUT2D eigenvalue weighted by atomic mass is 10.1. The number of methoxy groups -OCH3 is 1. The third kappa shape index (κ3) is 3.50. The Labute approximate surface area is 98.7 Å². The van der Waals surface area contributed by atoms with Gasteiger partial charge in [-0.05, 0) is 11.5 Å². The number of rotatable bonds is 1. The molecule has 0 aromatic heterocycles. The highest BCUT2D eigenvalue weighted by molar-refractivity contribution is 5.88. The topological polar surface area (TPSA) is 70.3 Å². The van der Waals surface area contributed by atoms with Crippen molar-refractivity contribution in [3.63, 3.8) is 0 Å². The second-order valence-electron chi connectivity index (χ2n) is 3.10. The van der Waals surface area contributed by atoms with Gasteiger partial charge >= 0.3 is 5.97 Å². The Morgan fingerprint density at radius 3 is 2.41 bits per heavy atom. The first-order valence-electron chi connectivity index (χ1n) is 4.84. The SMILES string of the molecule is COc1cccc2ccccc12.N#CC(=O)O. The molecule has 86 valence electrons. The van der Waals surface area contributed by atoms with Gasteiger partial charge in [0.2, 0.25) is 0 Å². The molecule has 4 nitrogen and oxygen atoms in total. The van der Waals surface area contributed by atoms with E-state index in [9.17, 15) is 0 Å². The first kappa shape index (κ1) is 12.5. The van der Waals surface area contributed by atoms with Gasteiger partial charge in [-0.1, -0.05) is 36.4 Å². The average Bonchev–Trinajstić information content (AvgIpc) is 2.38. The summed E-state index contributed by atoms with van der Waals surface area (Å²) >= 11 is 0. The van der Waals surface area contributed by atoms with E-state index in [2.05, 4.69) is 18.2 Å². The summed E-state index contributed by atoms with van der Waals surface area (Å²) in [5.74, 6) is -0.502. The predicted octanol–water partition coefficient (Wildman–Crippen LogP) is 2.44. The maximum atomic E-state index is 9.01. The van der Waals surface area contributed by atoms with Gasteiger partial charge in [-0.15, -0.1) is 0 Å². The number of fused-ring (bicyclic) bond motifs is 1. The average molecular weight is 229 g/mol. The summed E-state index contributed by atoms with van der Waals surface area (Å²) in [5.41, 5.74) is 0. The lowest BCUT2D eigenvalue weighted by Gasteiger charge is -2.03. The van der Waals surface area contributed by atoms with Crippen LogP contribution in [0.25, 0.3) is 10.8 Å². The van der Waals surface area contributed by atoms with Crippen LogP contribution in [0.1, 0.15) is 0 Å². The Kier molecular flexibility index (Phi) is 4.52. The molecule has 17 heavy (non-hydrogen) atoms. The number of benzene rings is 2. The van der Waals surface area contributed by atoms with E-state index in [4.69, 9.17) is 19.9 Å². The molecule has 0 aliphatic heterocycles. The number of hydrogen-bond donors (Lipinski definition) is 1. The monoisotopic (exact) mass is 229 g/mol. The molecule has 0 atom stereocenters. The van der Waals surface area contributed by atoms with Crippen molar-refractivity contribution >= 4 is 16.7 Å². The van der Waals surface area contributed by atoms with E-state index in [0.29, 0.717) is 0 Å². The van der Waals surface area contributed by atoms with Gasteiger partial charge in [0.05, 0.1) is 7.11 Å². The van der Waals surface area contributed by atoms with E-state index in [1.807, 2.05) is 24.3 Å². The Morgan fingerprint density at radius 2 is 1.82 bits per heavy atom. The van der Waals surface area contributed by atoms with Crippen molar-refractivity contribution < 1.29 is 14.6 Å². The third-order valence-electron chi connectivity index (χ3n) is 2.07. The van der Waals surface area contributed by atoms with E-state index in [1.165, 1.54) is 10.8 Å². The molecule has 2 rings (SSSR count). The highest BCUT2D eigenvalue weighted by Crippen LogP contribution is 2.24. The van der Waals surface area contributed by atoms with Crippen LogP contribution < -0.4 is 4.74 Å². The lowest BCUT2D eigenvalue weighted by molar-refractivity contribution is -0.130. The van der Waals surface area contributed by atoms with Crippen LogP contribution in [0.5, 0.6) is 5.75 Å². The lowest BCUT2D eigenvalue weighted by Crippen LogP contribution is -1.83. The molecule has 4 heteroatoms. The Morgan fingerprint density at radius 1 is 1.24 bits per heavy atom. The van der Waals surface area contributed by atoms with Gasteiger partial charge in [0.15, 0.2) is 6.07 Å². The van der Waals surface area contributed by atoms with Crippen molar-refractivity contribution in [2.24, 2.45) is 0 Å². The second-order valence-corrected chi connectivity index (χ2v) is 3.10. The van der Waals surface area contributed by atoms with Gasteiger partial charge in [0.1, 0.15) is 5.75 Å². The van der Waals surface area contributed by atoms with Gasteiger partial charge in [0.25, 0.3) is 0 Å². The van der Waals surface area contributed by atoms with Crippen molar-refractivity contribution in [3.8, 4) is 11.8 Å². The van der Waals surface area contributed by atoms with E-state index in [-0.39, 0.29) is 0 Å². The fourth-order valence-corrected chi connectivity index (χ4v) is 1.37. The molecule has 0 radical (unpaired) electrons. The van der Waals surface area contributed by atoms with E-state index >= 15 is 0 Å². The summed E-state index contributed by atoms with van der Waals surface area (Å²) in [6.07, 6.45) is 0. The maximum absolute atomic E-state index is 9.01. The smallest absolute Gasteiger partial charge is 0.408 e. The summed E-state index contributed by atoms with van der Waals surface area (Å²) in [6.45, 7) is 0. The van der Waals surface area contributed by atoms with Crippen molar-refractivity contribution in [1.29, 1.82) is 5.26 Å². The zero-order valence-electron chi connectivity index (χ0n) is 9.25. The number of carbonyl (C=O) groups is 1. The molecule has 0 aliphatic rings. The number of hydrogen-bond acceptors (Lipinski definition) is 3. The first-order valence-corrected chi connectivity index (χ1v) is 4.84. The Balaban J connectivity index is 0.000000249. The quantitative estimate of drug-likeness (QED) is 0.602. The van der Waals surface area contributed by atoms with Crippen LogP contribution in [0.15, 0.2) is 42.5 Å². The van der Waals surface area contributed by atoms with E-state index in [1.54, 1.807) is 7.11 Å². The molecule has 0 spiro atoms. The van der Waals surface area contributed by atoms with Crippen LogP contribution in [0.4, 0.5) is 0 Å². The zero-order chi connectivity index (χ0) is 12.7. The molecule has 0 saturated heterocycles. The molecular formula is C13H11NO3. The predicted molar refractivity (Wildman–Crippen MR) is 63.7 cm³/mol. The highest BCUT2D eigenvalue weighted by Gasteiger charge is 1.97. The van der Waals surface area contributed by atoms with Gasteiger partial charge in [-0.25, -0.2) is 4.79 Å². The van der Waals surface area contributed by atoms with Crippen LogP contribution in [0.3, 0.4) is 0 Å². The molecule has 0 saturated carbocycles. The molecular weight excluding hydrogens is 218 g/mol. The van der Waals surface area contributed by atoms with Crippen LogP contribution in [-0.2, 0) is 4.79 Å². The minimum absolute atomic E-state index is 0.938. The molecule has 0 aliphatic carbocycles. The molecule has 2 aromatic carbocycles. The van der Waals surface area contributed by atoms with Gasteiger partial charge in [0, 0.05) is 5.39 Å². The van der Waals surface area contributed by atoms with Crippen molar-refractivity contribution in [2.75, 3.05) is 7.11 Å². The molecule has 0 heterocycles. The number of carboxylic acid groups (broad SMARTS) is 1. The second kappa shape index (κ2) is 6.13. The summed E-state index contributed by atoms with van der Waals surface area (Å²) in [4.78, 5) is 9.01. The summed E-state index contributed by atoms with van der Waals surface area (Å²) in [5, 5.41) is 17.0. The summed E-state index contributed by atoms with van der Waals surface area (Å²) in [6, 6.07) is 15.2. The van der Waals surface area contributed by atoms with Crippen molar-refractivity contribution in [1.82, 2.24) is 0 Å². The molecule has 0 fully saturated rings. The number of aliphatic carboxylic acids is 1. The van der Waals surface area contributed by atoms with E-state index in [0.717, 1.165) is 11.8 Å². The Hall–Kier alpha value is -2.54. The van der Waals surface area contributed by atoms with Crippen LogP contribution >= 0.6 is 0 Å².